The molecule has 1 heterocycles. The van der Waals surface area contributed by atoms with Crippen LogP contribution in [0.25, 0.3) is 0 Å². The molecule has 2 aliphatic rings. The summed E-state index contributed by atoms with van der Waals surface area (Å²) in [5.74, 6) is 3.33. The number of nitrogens with zero attached hydrogens (tertiary/aromatic N) is 2. The van der Waals surface area contributed by atoms with Gasteiger partial charge in [-0.05, 0) is 44.4 Å². The molecule has 0 saturated heterocycles. The molecule has 1 aromatic heterocycles. The Hall–Kier alpha value is -0.900. The van der Waals surface area contributed by atoms with Gasteiger partial charge in [-0.25, -0.2) is 4.98 Å². The third-order valence-corrected chi connectivity index (χ3v) is 4.86. The molecule has 0 unspecified atom stereocenters. The molecule has 100 valence electrons. The molecule has 0 aromatic carbocycles. The molecule has 18 heavy (non-hydrogen) atoms. The molecule has 3 N–H and O–H groups in total. The largest absolute Gasteiger partial charge is 0.319 e. The van der Waals surface area contributed by atoms with Gasteiger partial charge in [0.05, 0.1) is 5.54 Å². The Labute approximate surface area is 109 Å². The number of nitrogens with one attached hydrogen (secondary N) is 1. The first-order valence-electron chi connectivity index (χ1n) is 7.39. The molecule has 2 fully saturated rings. The Morgan fingerprint density at radius 1 is 1.17 bits per heavy atom. The van der Waals surface area contributed by atoms with Gasteiger partial charge in [-0.3, -0.25) is 5.10 Å². The second kappa shape index (κ2) is 4.65. The van der Waals surface area contributed by atoms with Gasteiger partial charge in [0.15, 0.2) is 5.82 Å². The third-order valence-electron chi connectivity index (χ3n) is 4.86. The van der Waals surface area contributed by atoms with E-state index in [-0.39, 0.29) is 5.54 Å². The summed E-state index contributed by atoms with van der Waals surface area (Å²) in [6.07, 6.45) is 9.60. The predicted octanol–water partition coefficient (Wildman–Crippen LogP) is 2.83. The minimum absolute atomic E-state index is 0.278. The van der Waals surface area contributed by atoms with E-state index >= 15 is 0 Å². The van der Waals surface area contributed by atoms with Crippen molar-refractivity contribution in [3.63, 3.8) is 0 Å². The average molecular weight is 248 g/mol. The van der Waals surface area contributed by atoms with Crippen molar-refractivity contribution in [1.29, 1.82) is 0 Å². The minimum atomic E-state index is -0.278. The monoisotopic (exact) mass is 248 g/mol. The second-order valence-corrected chi connectivity index (χ2v) is 6.36. The van der Waals surface area contributed by atoms with E-state index in [1.165, 1.54) is 38.5 Å². The lowest BCUT2D eigenvalue weighted by atomic mass is 9.77. The van der Waals surface area contributed by atoms with Gasteiger partial charge in [-0.2, -0.15) is 5.10 Å². The van der Waals surface area contributed by atoms with Crippen molar-refractivity contribution < 1.29 is 0 Å². The molecular weight excluding hydrogens is 224 g/mol. The summed E-state index contributed by atoms with van der Waals surface area (Å²) in [7, 11) is 0. The van der Waals surface area contributed by atoms with Crippen molar-refractivity contribution in [2.24, 2.45) is 11.7 Å². The van der Waals surface area contributed by atoms with Crippen LogP contribution in [0.4, 0.5) is 0 Å². The van der Waals surface area contributed by atoms with Crippen LogP contribution < -0.4 is 5.73 Å². The molecule has 2 saturated carbocycles. The molecule has 1 aromatic rings. The Balaban J connectivity index is 1.75. The van der Waals surface area contributed by atoms with Crippen LogP contribution in [0.5, 0.6) is 0 Å². The molecule has 0 aliphatic heterocycles. The van der Waals surface area contributed by atoms with Crippen LogP contribution in [-0.2, 0) is 5.54 Å². The smallest absolute Gasteiger partial charge is 0.170 e. The number of H-pyrrole nitrogens is 1. The standard InChI is InChI=1S/C14H24N4/c1-10-6-8-14(15,9-7-10)13-16-12(17-18-13)11-4-2-3-5-11/h10-11H,2-9,15H2,1H3,(H,16,17,18). The van der Waals surface area contributed by atoms with Gasteiger partial charge in [0.25, 0.3) is 0 Å². The zero-order chi connectivity index (χ0) is 12.6. The predicted molar refractivity (Wildman–Crippen MR) is 71.1 cm³/mol. The highest BCUT2D eigenvalue weighted by Gasteiger charge is 2.36. The maximum Gasteiger partial charge on any atom is 0.170 e. The highest BCUT2D eigenvalue weighted by atomic mass is 15.2. The van der Waals surface area contributed by atoms with Crippen LogP contribution in [0.3, 0.4) is 0 Å². The summed E-state index contributed by atoms with van der Waals surface area (Å²) < 4.78 is 0. The van der Waals surface area contributed by atoms with Crippen molar-refractivity contribution in [2.45, 2.75) is 69.7 Å². The molecule has 3 rings (SSSR count). The van der Waals surface area contributed by atoms with E-state index in [0.29, 0.717) is 5.92 Å². The first-order chi connectivity index (χ1) is 8.67. The van der Waals surface area contributed by atoms with Crippen LogP contribution >= 0.6 is 0 Å². The van der Waals surface area contributed by atoms with E-state index in [1.54, 1.807) is 0 Å². The van der Waals surface area contributed by atoms with Crippen molar-refractivity contribution in [2.75, 3.05) is 0 Å². The number of hydrogen-bond acceptors (Lipinski definition) is 3. The molecule has 0 radical (unpaired) electrons. The van der Waals surface area contributed by atoms with Gasteiger partial charge < -0.3 is 5.73 Å². The summed E-state index contributed by atoms with van der Waals surface area (Å²) in [5, 5.41) is 7.56. The lowest BCUT2D eigenvalue weighted by molar-refractivity contribution is 0.237. The number of rotatable bonds is 2. The number of hydrogen-bond donors (Lipinski definition) is 2. The molecule has 0 atom stereocenters. The number of aromatic nitrogens is 3. The van der Waals surface area contributed by atoms with Gasteiger partial charge in [-0.1, -0.05) is 19.8 Å². The van der Waals surface area contributed by atoms with Crippen molar-refractivity contribution in [3.8, 4) is 0 Å². The molecule has 0 bridgehead atoms. The van der Waals surface area contributed by atoms with Gasteiger partial charge in [-0.15, -0.1) is 0 Å². The van der Waals surface area contributed by atoms with E-state index in [4.69, 9.17) is 10.7 Å². The average Bonchev–Trinajstić information content (AvgIpc) is 3.01. The topological polar surface area (TPSA) is 67.6 Å². The van der Waals surface area contributed by atoms with Crippen LogP contribution in [-0.4, -0.2) is 15.2 Å². The van der Waals surface area contributed by atoms with Crippen molar-refractivity contribution in [3.05, 3.63) is 11.6 Å². The van der Waals surface area contributed by atoms with E-state index in [9.17, 15) is 0 Å². The molecule has 4 heteroatoms. The fourth-order valence-corrected chi connectivity index (χ4v) is 3.38. The zero-order valence-corrected chi connectivity index (χ0v) is 11.3. The third kappa shape index (κ3) is 2.18. The van der Waals surface area contributed by atoms with Crippen molar-refractivity contribution in [1.82, 2.24) is 15.2 Å². The fraction of sp³-hybridized carbons (Fsp3) is 0.857. The molecule has 0 spiro atoms. The second-order valence-electron chi connectivity index (χ2n) is 6.36. The lowest BCUT2D eigenvalue weighted by Crippen LogP contribution is -2.41. The van der Waals surface area contributed by atoms with Crippen molar-refractivity contribution >= 4 is 0 Å². The lowest BCUT2D eigenvalue weighted by Gasteiger charge is -2.33. The number of aromatic amines is 1. The van der Waals surface area contributed by atoms with Gasteiger partial charge in [0, 0.05) is 5.92 Å². The first kappa shape index (κ1) is 12.2. The molecule has 4 nitrogen and oxygen atoms in total. The molecular formula is C14H24N4. The van der Waals surface area contributed by atoms with Gasteiger partial charge >= 0.3 is 0 Å². The van der Waals surface area contributed by atoms with Gasteiger partial charge in [0.2, 0.25) is 0 Å². The molecule has 0 amide bonds. The summed E-state index contributed by atoms with van der Waals surface area (Å²) in [4.78, 5) is 4.72. The number of nitrogens with two attached hydrogens (primary N) is 1. The summed E-state index contributed by atoms with van der Waals surface area (Å²) in [6.45, 7) is 2.31. The van der Waals surface area contributed by atoms with E-state index < -0.39 is 0 Å². The maximum atomic E-state index is 6.51. The zero-order valence-electron chi connectivity index (χ0n) is 11.3. The van der Waals surface area contributed by atoms with E-state index in [2.05, 4.69) is 17.1 Å². The first-order valence-corrected chi connectivity index (χ1v) is 7.39. The van der Waals surface area contributed by atoms with E-state index in [1.807, 2.05) is 0 Å². The minimum Gasteiger partial charge on any atom is -0.319 e. The SMILES string of the molecule is CC1CCC(N)(c2n[nH]c(C3CCCC3)n2)CC1. The normalized spacial score (nSPS) is 34.0. The summed E-state index contributed by atoms with van der Waals surface area (Å²) in [6, 6.07) is 0. The fourth-order valence-electron chi connectivity index (χ4n) is 3.38. The Morgan fingerprint density at radius 3 is 2.50 bits per heavy atom. The highest BCUT2D eigenvalue weighted by molar-refractivity contribution is 5.09. The van der Waals surface area contributed by atoms with Crippen LogP contribution in [0.2, 0.25) is 0 Å². The van der Waals surface area contributed by atoms with Crippen LogP contribution in [0, 0.1) is 5.92 Å². The maximum absolute atomic E-state index is 6.51. The van der Waals surface area contributed by atoms with Crippen LogP contribution in [0.1, 0.15) is 75.9 Å². The highest BCUT2D eigenvalue weighted by Crippen LogP contribution is 2.37. The van der Waals surface area contributed by atoms with Gasteiger partial charge in [0.1, 0.15) is 5.82 Å². The Kier molecular flexibility index (Phi) is 3.14. The quantitative estimate of drug-likeness (QED) is 0.845. The Bertz CT molecular complexity index is 398. The van der Waals surface area contributed by atoms with E-state index in [0.717, 1.165) is 30.4 Å². The van der Waals surface area contributed by atoms with Crippen LogP contribution in [0.15, 0.2) is 0 Å². The Morgan fingerprint density at radius 2 is 1.83 bits per heavy atom. The molecule has 2 aliphatic carbocycles. The summed E-state index contributed by atoms with van der Waals surface area (Å²) in [5.41, 5.74) is 6.23. The summed E-state index contributed by atoms with van der Waals surface area (Å²) >= 11 is 0.